The van der Waals surface area contributed by atoms with Gasteiger partial charge in [0.05, 0.1) is 17.3 Å². The molecule has 0 N–H and O–H groups in total. The van der Waals surface area contributed by atoms with Gasteiger partial charge in [0.2, 0.25) is 0 Å². The average molecular weight is 345 g/mol. The molecule has 1 atom stereocenters. The molecule has 0 radical (unpaired) electrons. The van der Waals surface area contributed by atoms with Crippen molar-refractivity contribution in [3.05, 3.63) is 24.0 Å². The predicted molar refractivity (Wildman–Crippen MR) is 89.6 cm³/mol. The number of nitrogens with zero attached hydrogens (tertiary/aromatic N) is 5. The fourth-order valence-corrected chi connectivity index (χ4v) is 2.87. The lowest BCUT2D eigenvalue weighted by molar-refractivity contribution is 0.0217. The van der Waals surface area contributed by atoms with E-state index in [1.54, 1.807) is 11.1 Å². The van der Waals surface area contributed by atoms with E-state index < -0.39 is 5.60 Å². The van der Waals surface area contributed by atoms with Crippen molar-refractivity contribution in [2.45, 2.75) is 58.6 Å². The molecule has 2 aromatic heterocycles. The van der Waals surface area contributed by atoms with Crippen LogP contribution in [0.25, 0.3) is 11.5 Å². The van der Waals surface area contributed by atoms with Gasteiger partial charge < -0.3 is 9.26 Å². The number of hydrogen-bond donors (Lipinski definition) is 0. The molecule has 3 rings (SSSR count). The molecule has 0 aromatic carbocycles. The van der Waals surface area contributed by atoms with Crippen molar-refractivity contribution < 1.29 is 14.1 Å². The Kier molecular flexibility index (Phi) is 4.69. The number of carbonyl (C=O) groups excluding carboxylic acids is 1. The first-order valence-corrected chi connectivity index (χ1v) is 8.51. The lowest BCUT2D eigenvalue weighted by Crippen LogP contribution is -2.36. The normalized spacial score (nSPS) is 17.8. The molecule has 134 valence electrons. The molecule has 0 spiro atoms. The molecule has 1 saturated heterocycles. The maximum atomic E-state index is 12.4. The third-order valence-corrected chi connectivity index (χ3v) is 3.98. The summed E-state index contributed by atoms with van der Waals surface area (Å²) in [6, 6.07) is -0.234. The van der Waals surface area contributed by atoms with Gasteiger partial charge in [0.25, 0.3) is 5.89 Å². The summed E-state index contributed by atoms with van der Waals surface area (Å²) >= 11 is 0. The van der Waals surface area contributed by atoms with E-state index in [1.165, 1.54) is 6.33 Å². The lowest BCUT2D eigenvalue weighted by Gasteiger charge is -2.27. The summed E-state index contributed by atoms with van der Waals surface area (Å²) in [6.07, 6.45) is 5.22. The van der Waals surface area contributed by atoms with Gasteiger partial charge in [0, 0.05) is 12.7 Å². The fourth-order valence-electron chi connectivity index (χ4n) is 2.87. The quantitative estimate of drug-likeness (QED) is 0.843. The zero-order valence-electron chi connectivity index (χ0n) is 15.0. The van der Waals surface area contributed by atoms with E-state index >= 15 is 0 Å². The SMILES string of the molecule is CCc1ncncc1-c1nc([C@@H]2CCCN2C(=O)OC(C)(C)C)no1. The van der Waals surface area contributed by atoms with Gasteiger partial charge in [-0.15, -0.1) is 0 Å². The molecular weight excluding hydrogens is 322 g/mol. The van der Waals surface area contributed by atoms with Gasteiger partial charge in [-0.25, -0.2) is 14.8 Å². The Balaban J connectivity index is 1.83. The van der Waals surface area contributed by atoms with Gasteiger partial charge >= 0.3 is 6.09 Å². The number of hydrogen-bond acceptors (Lipinski definition) is 7. The molecule has 1 aliphatic heterocycles. The van der Waals surface area contributed by atoms with Crippen LogP contribution in [-0.4, -0.2) is 43.2 Å². The van der Waals surface area contributed by atoms with Gasteiger partial charge in [-0.1, -0.05) is 12.1 Å². The van der Waals surface area contributed by atoms with Crippen LogP contribution in [0.1, 0.15) is 58.1 Å². The molecule has 8 nitrogen and oxygen atoms in total. The van der Waals surface area contributed by atoms with Gasteiger partial charge in [0.1, 0.15) is 11.9 Å². The number of ether oxygens (including phenoxy) is 1. The van der Waals surface area contributed by atoms with E-state index in [9.17, 15) is 4.79 Å². The third kappa shape index (κ3) is 3.78. The number of likely N-dealkylation sites (tertiary alicyclic amines) is 1. The van der Waals surface area contributed by atoms with E-state index in [1.807, 2.05) is 27.7 Å². The molecular formula is C17H23N5O3. The van der Waals surface area contributed by atoms with Crippen molar-refractivity contribution in [2.24, 2.45) is 0 Å². The largest absolute Gasteiger partial charge is 0.444 e. The van der Waals surface area contributed by atoms with Crippen LogP contribution in [0, 0.1) is 0 Å². The van der Waals surface area contributed by atoms with Gasteiger partial charge in [0.15, 0.2) is 5.82 Å². The third-order valence-electron chi connectivity index (χ3n) is 3.98. The standard InChI is InChI=1S/C17H23N5O3/c1-5-12-11(9-18-10-19-12)15-20-14(21-25-15)13-7-6-8-22(13)16(23)24-17(2,3)4/h9-10,13H,5-8H2,1-4H3/t13-/m0/s1. The van der Waals surface area contributed by atoms with Crippen LogP contribution in [0.15, 0.2) is 17.0 Å². The molecule has 0 bridgehead atoms. The highest BCUT2D eigenvalue weighted by atomic mass is 16.6. The molecule has 1 amide bonds. The maximum Gasteiger partial charge on any atom is 0.410 e. The highest BCUT2D eigenvalue weighted by molar-refractivity contribution is 5.69. The Bertz CT molecular complexity index is 753. The maximum absolute atomic E-state index is 12.4. The Morgan fingerprint density at radius 1 is 1.44 bits per heavy atom. The van der Waals surface area contributed by atoms with Crippen LogP contribution >= 0.6 is 0 Å². The minimum absolute atomic E-state index is 0.234. The molecule has 0 saturated carbocycles. The molecule has 0 unspecified atom stereocenters. The van der Waals surface area contributed by atoms with Crippen molar-refractivity contribution in [1.29, 1.82) is 0 Å². The summed E-state index contributed by atoms with van der Waals surface area (Å²) in [4.78, 5) is 26.9. The summed E-state index contributed by atoms with van der Waals surface area (Å²) in [7, 11) is 0. The number of carbonyl (C=O) groups is 1. The van der Waals surface area contributed by atoms with Crippen LogP contribution in [0.3, 0.4) is 0 Å². The lowest BCUT2D eigenvalue weighted by atomic mass is 10.2. The Hall–Kier alpha value is -2.51. The van der Waals surface area contributed by atoms with E-state index in [-0.39, 0.29) is 12.1 Å². The van der Waals surface area contributed by atoms with Crippen LogP contribution in [0.5, 0.6) is 0 Å². The fraction of sp³-hybridized carbons (Fsp3) is 0.588. The van der Waals surface area contributed by atoms with Crippen LogP contribution in [0.4, 0.5) is 4.79 Å². The van der Waals surface area contributed by atoms with Gasteiger partial charge in [-0.3, -0.25) is 4.90 Å². The number of aryl methyl sites for hydroxylation is 1. The second-order valence-electron chi connectivity index (χ2n) is 7.03. The zero-order valence-corrected chi connectivity index (χ0v) is 15.0. The molecule has 8 heteroatoms. The van der Waals surface area contributed by atoms with Crippen molar-refractivity contribution in [2.75, 3.05) is 6.54 Å². The highest BCUT2D eigenvalue weighted by Gasteiger charge is 2.36. The van der Waals surface area contributed by atoms with Crippen molar-refractivity contribution in [3.63, 3.8) is 0 Å². The molecule has 0 aliphatic carbocycles. The molecule has 25 heavy (non-hydrogen) atoms. The number of amides is 1. The molecule has 1 fully saturated rings. The smallest absolute Gasteiger partial charge is 0.410 e. The first-order chi connectivity index (χ1) is 11.9. The van der Waals surface area contributed by atoms with Gasteiger partial charge in [-0.05, 0) is 40.0 Å². The minimum Gasteiger partial charge on any atom is -0.444 e. The summed E-state index contributed by atoms with van der Waals surface area (Å²) in [5.74, 6) is 0.868. The van der Waals surface area contributed by atoms with E-state index in [4.69, 9.17) is 9.26 Å². The second kappa shape index (κ2) is 6.78. The molecule has 3 heterocycles. The van der Waals surface area contributed by atoms with Crippen molar-refractivity contribution >= 4 is 6.09 Å². The average Bonchev–Trinajstić information content (AvgIpc) is 3.22. The van der Waals surface area contributed by atoms with Crippen LogP contribution < -0.4 is 0 Å². The van der Waals surface area contributed by atoms with E-state index in [2.05, 4.69) is 20.1 Å². The monoisotopic (exact) mass is 345 g/mol. The number of rotatable bonds is 3. The van der Waals surface area contributed by atoms with E-state index in [0.717, 1.165) is 30.5 Å². The van der Waals surface area contributed by atoms with Crippen molar-refractivity contribution in [1.82, 2.24) is 25.0 Å². The van der Waals surface area contributed by atoms with Crippen LogP contribution in [0.2, 0.25) is 0 Å². The zero-order chi connectivity index (χ0) is 18.0. The van der Waals surface area contributed by atoms with Gasteiger partial charge in [-0.2, -0.15) is 4.98 Å². The topological polar surface area (TPSA) is 94.2 Å². The summed E-state index contributed by atoms with van der Waals surface area (Å²) in [6.45, 7) is 8.18. The predicted octanol–water partition coefficient (Wildman–Crippen LogP) is 3.16. The summed E-state index contributed by atoms with van der Waals surface area (Å²) in [5, 5.41) is 4.09. The number of aromatic nitrogens is 4. The van der Waals surface area contributed by atoms with Crippen LogP contribution in [-0.2, 0) is 11.2 Å². The van der Waals surface area contributed by atoms with E-state index in [0.29, 0.717) is 18.3 Å². The first-order valence-electron chi connectivity index (χ1n) is 8.51. The second-order valence-corrected chi connectivity index (χ2v) is 7.03. The molecule has 2 aromatic rings. The Morgan fingerprint density at radius 3 is 2.96 bits per heavy atom. The Labute approximate surface area is 146 Å². The minimum atomic E-state index is -0.538. The highest BCUT2D eigenvalue weighted by Crippen LogP contribution is 2.33. The summed E-state index contributed by atoms with van der Waals surface area (Å²) < 4.78 is 10.9. The first kappa shape index (κ1) is 17.3. The Morgan fingerprint density at radius 2 is 2.24 bits per heavy atom. The van der Waals surface area contributed by atoms with Crippen molar-refractivity contribution in [3.8, 4) is 11.5 Å². The summed E-state index contributed by atoms with van der Waals surface area (Å²) in [5.41, 5.74) is 1.04. The molecule has 1 aliphatic rings.